The molecule has 6 heteroatoms. The van der Waals surface area contributed by atoms with Gasteiger partial charge in [-0.3, -0.25) is 9.48 Å². The van der Waals surface area contributed by atoms with Gasteiger partial charge in [0.2, 0.25) is 0 Å². The molecule has 0 radical (unpaired) electrons. The molecule has 0 fully saturated rings. The van der Waals surface area contributed by atoms with Crippen LogP contribution in [0.5, 0.6) is 0 Å². The summed E-state index contributed by atoms with van der Waals surface area (Å²) in [5.41, 5.74) is 0.538. The molecular weight excluding hydrogens is 258 g/mol. The SMILES string of the molecule is CC(=O)c1csc(CC(C)n2cc(Cl)cn2)n1. The number of aromatic nitrogens is 3. The quantitative estimate of drug-likeness (QED) is 0.802. The van der Waals surface area contributed by atoms with Gasteiger partial charge in [0.1, 0.15) is 5.69 Å². The normalized spacial score (nSPS) is 12.6. The van der Waals surface area contributed by atoms with Crippen molar-refractivity contribution in [3.63, 3.8) is 0 Å². The maximum Gasteiger partial charge on any atom is 0.178 e. The topological polar surface area (TPSA) is 47.8 Å². The first kappa shape index (κ1) is 12.3. The molecule has 1 unspecified atom stereocenters. The summed E-state index contributed by atoms with van der Waals surface area (Å²) in [6.45, 7) is 3.56. The van der Waals surface area contributed by atoms with Gasteiger partial charge in [0, 0.05) is 24.9 Å². The fraction of sp³-hybridized carbons (Fsp3) is 0.364. The summed E-state index contributed by atoms with van der Waals surface area (Å²) in [7, 11) is 0. The van der Waals surface area contributed by atoms with E-state index in [9.17, 15) is 4.79 Å². The van der Waals surface area contributed by atoms with E-state index in [0.29, 0.717) is 10.7 Å². The van der Waals surface area contributed by atoms with Gasteiger partial charge < -0.3 is 0 Å². The average molecular weight is 270 g/mol. The molecule has 0 N–H and O–H groups in total. The molecule has 2 aromatic rings. The van der Waals surface area contributed by atoms with Gasteiger partial charge in [0.05, 0.1) is 22.3 Å². The Kier molecular flexibility index (Phi) is 3.59. The van der Waals surface area contributed by atoms with E-state index in [1.54, 1.807) is 22.5 Å². The van der Waals surface area contributed by atoms with Crippen LogP contribution < -0.4 is 0 Å². The summed E-state index contributed by atoms with van der Waals surface area (Å²) in [6.07, 6.45) is 4.14. The molecule has 0 saturated carbocycles. The Labute approximate surface area is 108 Å². The summed E-state index contributed by atoms with van der Waals surface area (Å²) in [6, 6.07) is 0.174. The zero-order valence-corrected chi connectivity index (χ0v) is 11.1. The first-order valence-electron chi connectivity index (χ1n) is 5.21. The van der Waals surface area contributed by atoms with Crippen molar-refractivity contribution in [1.82, 2.24) is 14.8 Å². The summed E-state index contributed by atoms with van der Waals surface area (Å²) in [4.78, 5) is 15.4. The smallest absolute Gasteiger partial charge is 0.178 e. The van der Waals surface area contributed by atoms with Crippen LogP contribution in [-0.4, -0.2) is 20.5 Å². The number of carbonyl (C=O) groups excluding carboxylic acids is 1. The van der Waals surface area contributed by atoms with Gasteiger partial charge in [0.25, 0.3) is 0 Å². The van der Waals surface area contributed by atoms with E-state index in [0.717, 1.165) is 11.4 Å². The van der Waals surface area contributed by atoms with Gasteiger partial charge in [0.15, 0.2) is 5.78 Å². The Morgan fingerprint density at radius 2 is 2.41 bits per heavy atom. The first-order chi connectivity index (χ1) is 8.06. The van der Waals surface area contributed by atoms with E-state index >= 15 is 0 Å². The highest BCUT2D eigenvalue weighted by Gasteiger charge is 2.11. The Morgan fingerprint density at radius 1 is 1.65 bits per heavy atom. The maximum absolute atomic E-state index is 11.1. The fourth-order valence-electron chi connectivity index (χ4n) is 1.47. The molecule has 0 saturated heterocycles. The molecule has 0 aliphatic rings. The summed E-state index contributed by atoms with van der Waals surface area (Å²) in [5, 5.41) is 7.51. The van der Waals surface area contributed by atoms with E-state index in [4.69, 9.17) is 11.6 Å². The largest absolute Gasteiger partial charge is 0.293 e. The predicted molar refractivity (Wildman–Crippen MR) is 67.8 cm³/mol. The summed E-state index contributed by atoms with van der Waals surface area (Å²) >= 11 is 7.31. The van der Waals surface area contributed by atoms with Crippen molar-refractivity contribution in [1.29, 1.82) is 0 Å². The van der Waals surface area contributed by atoms with Crippen molar-refractivity contribution in [2.24, 2.45) is 0 Å². The number of hydrogen-bond donors (Lipinski definition) is 0. The molecule has 0 aliphatic heterocycles. The van der Waals surface area contributed by atoms with E-state index in [-0.39, 0.29) is 11.8 Å². The van der Waals surface area contributed by atoms with Crippen molar-refractivity contribution < 1.29 is 4.79 Å². The Balaban J connectivity index is 2.07. The van der Waals surface area contributed by atoms with Crippen LogP contribution in [0.15, 0.2) is 17.8 Å². The number of halogens is 1. The van der Waals surface area contributed by atoms with Crippen molar-refractivity contribution >= 4 is 28.7 Å². The van der Waals surface area contributed by atoms with E-state index in [2.05, 4.69) is 10.1 Å². The number of thiazole rings is 1. The Morgan fingerprint density at radius 3 is 2.94 bits per heavy atom. The third-order valence-corrected chi connectivity index (χ3v) is 3.47. The van der Waals surface area contributed by atoms with Crippen LogP contribution in [-0.2, 0) is 6.42 Å². The lowest BCUT2D eigenvalue weighted by Gasteiger charge is -2.09. The van der Waals surface area contributed by atoms with Gasteiger partial charge in [-0.15, -0.1) is 11.3 Å². The van der Waals surface area contributed by atoms with Crippen LogP contribution in [0.2, 0.25) is 5.02 Å². The number of rotatable bonds is 4. The van der Waals surface area contributed by atoms with Gasteiger partial charge >= 0.3 is 0 Å². The molecule has 17 heavy (non-hydrogen) atoms. The van der Waals surface area contributed by atoms with Crippen molar-refractivity contribution in [3.8, 4) is 0 Å². The molecule has 2 aromatic heterocycles. The van der Waals surface area contributed by atoms with Crippen molar-refractivity contribution in [2.45, 2.75) is 26.3 Å². The minimum absolute atomic E-state index is 0.00212. The van der Waals surface area contributed by atoms with Crippen molar-refractivity contribution in [3.05, 3.63) is 33.5 Å². The van der Waals surface area contributed by atoms with Crippen LogP contribution >= 0.6 is 22.9 Å². The van der Waals surface area contributed by atoms with Gasteiger partial charge in [-0.05, 0) is 6.92 Å². The molecular formula is C11H12ClN3OS. The third kappa shape index (κ3) is 2.92. The molecule has 90 valence electrons. The molecule has 0 bridgehead atoms. The molecule has 2 heterocycles. The highest BCUT2D eigenvalue weighted by molar-refractivity contribution is 7.09. The number of nitrogens with zero attached hydrogens (tertiary/aromatic N) is 3. The number of carbonyl (C=O) groups is 1. The van der Waals surface area contributed by atoms with Crippen LogP contribution in [0, 0.1) is 0 Å². The number of ketones is 1. The summed E-state index contributed by atoms with van der Waals surface area (Å²) in [5.74, 6) is 0.00212. The molecule has 1 atom stereocenters. The highest BCUT2D eigenvalue weighted by Crippen LogP contribution is 2.18. The zero-order valence-electron chi connectivity index (χ0n) is 9.55. The minimum atomic E-state index is 0.00212. The monoisotopic (exact) mass is 269 g/mol. The van der Waals surface area contributed by atoms with E-state index in [1.807, 2.05) is 6.92 Å². The molecule has 2 rings (SSSR count). The average Bonchev–Trinajstić information content (AvgIpc) is 2.86. The van der Waals surface area contributed by atoms with Gasteiger partial charge in [-0.2, -0.15) is 5.10 Å². The number of hydrogen-bond acceptors (Lipinski definition) is 4. The zero-order chi connectivity index (χ0) is 12.4. The van der Waals surface area contributed by atoms with Crippen LogP contribution in [0.4, 0.5) is 0 Å². The Bertz CT molecular complexity index is 534. The number of Topliss-reactive ketones (excluding diaryl/α,β-unsaturated/α-hetero) is 1. The van der Waals surface area contributed by atoms with Crippen molar-refractivity contribution in [2.75, 3.05) is 0 Å². The minimum Gasteiger partial charge on any atom is -0.293 e. The summed E-state index contributed by atoms with van der Waals surface area (Å²) < 4.78 is 1.80. The second-order valence-corrected chi connectivity index (χ2v) is 5.25. The van der Waals surface area contributed by atoms with Gasteiger partial charge in [-0.1, -0.05) is 11.6 Å². The second kappa shape index (κ2) is 4.98. The second-order valence-electron chi connectivity index (χ2n) is 3.87. The van der Waals surface area contributed by atoms with Crippen LogP contribution in [0.25, 0.3) is 0 Å². The molecule has 0 spiro atoms. The third-order valence-electron chi connectivity index (χ3n) is 2.40. The predicted octanol–water partition coefficient (Wildman–Crippen LogP) is 3.00. The molecule has 0 amide bonds. The lowest BCUT2D eigenvalue weighted by Crippen LogP contribution is -2.08. The molecule has 0 aromatic carbocycles. The highest BCUT2D eigenvalue weighted by atomic mass is 35.5. The lowest BCUT2D eigenvalue weighted by molar-refractivity contribution is 0.101. The van der Waals surface area contributed by atoms with E-state index in [1.165, 1.54) is 18.3 Å². The van der Waals surface area contributed by atoms with Crippen LogP contribution in [0.1, 0.15) is 35.4 Å². The molecule has 4 nitrogen and oxygen atoms in total. The van der Waals surface area contributed by atoms with Crippen LogP contribution in [0.3, 0.4) is 0 Å². The lowest BCUT2D eigenvalue weighted by atomic mass is 10.2. The van der Waals surface area contributed by atoms with E-state index < -0.39 is 0 Å². The Hall–Kier alpha value is -1.20. The van der Waals surface area contributed by atoms with Gasteiger partial charge in [-0.25, -0.2) is 4.98 Å². The standard InChI is InChI=1S/C11H12ClN3OS/c1-7(15-5-9(12)4-13-15)3-11-14-10(6-17-11)8(2)16/h4-7H,3H2,1-2H3. The first-order valence-corrected chi connectivity index (χ1v) is 6.47. The maximum atomic E-state index is 11.1. The fourth-order valence-corrected chi connectivity index (χ4v) is 2.57. The molecule has 0 aliphatic carbocycles.